The molecule has 0 saturated heterocycles. The van der Waals surface area contributed by atoms with Crippen molar-refractivity contribution in [3.63, 3.8) is 0 Å². The number of para-hydroxylation sites is 1. The van der Waals surface area contributed by atoms with E-state index in [4.69, 9.17) is 16.6 Å². The molecule has 1 N–H and O–H groups in total. The zero-order valence-electron chi connectivity index (χ0n) is 34.8. The molecule has 0 saturated carbocycles. The number of fused-ring (bicyclic) bond motifs is 9. The molecule has 0 bridgehead atoms. The molecule has 0 spiro atoms. The third-order valence-electron chi connectivity index (χ3n) is 12.8. The first-order valence-electron chi connectivity index (χ1n) is 21.7. The Bertz CT molecular complexity index is 3990. The number of halogens is 1. The molecular formula is C59H35ClN4S. The lowest BCUT2D eigenvalue weighted by atomic mass is 9.94. The first kappa shape index (κ1) is 37.6. The zero-order chi connectivity index (χ0) is 43.0. The number of hydrogen-bond acceptors (Lipinski definition) is 4. The molecular weight excluding hydrogens is 832 g/mol. The fourth-order valence-electron chi connectivity index (χ4n) is 9.57. The van der Waals surface area contributed by atoms with Crippen LogP contribution in [-0.2, 0) is 0 Å². The molecule has 13 rings (SSSR count). The molecule has 0 aliphatic heterocycles. The van der Waals surface area contributed by atoms with E-state index in [0.717, 1.165) is 38.9 Å². The van der Waals surface area contributed by atoms with Crippen molar-refractivity contribution in [3.8, 4) is 67.3 Å². The molecule has 0 unspecified atom stereocenters. The van der Waals surface area contributed by atoms with Crippen LogP contribution in [0.5, 0.6) is 0 Å². The number of H-pyrrole nitrogens is 1. The highest BCUT2D eigenvalue weighted by molar-refractivity contribution is 7.26. The first-order chi connectivity index (χ1) is 32.1. The van der Waals surface area contributed by atoms with E-state index in [-0.39, 0.29) is 5.28 Å². The lowest BCUT2D eigenvalue weighted by Gasteiger charge is -2.10. The number of aromatic nitrogens is 4. The van der Waals surface area contributed by atoms with Gasteiger partial charge in [0.1, 0.15) is 0 Å². The maximum Gasteiger partial charge on any atom is 0.226 e. The maximum absolute atomic E-state index is 6.48. The van der Waals surface area contributed by atoms with Crippen LogP contribution in [0.25, 0.3) is 131 Å². The number of thiophene rings is 1. The fraction of sp³-hybridized carbons (Fsp3) is 0. The molecule has 6 heteroatoms. The average molecular weight is 867 g/mol. The van der Waals surface area contributed by atoms with Gasteiger partial charge in [0.05, 0.1) is 5.52 Å². The molecule has 4 nitrogen and oxygen atoms in total. The quantitative estimate of drug-likeness (QED) is 0.181. The van der Waals surface area contributed by atoms with Gasteiger partial charge in [0, 0.05) is 58.7 Å². The minimum Gasteiger partial charge on any atom is -0.354 e. The molecule has 65 heavy (non-hydrogen) atoms. The van der Waals surface area contributed by atoms with Crippen molar-refractivity contribution in [2.45, 2.75) is 0 Å². The molecule has 0 amide bonds. The van der Waals surface area contributed by atoms with E-state index in [1.54, 1.807) is 0 Å². The number of nitrogens with one attached hydrogen (secondary N) is 1. The van der Waals surface area contributed by atoms with Gasteiger partial charge in [-0.2, -0.15) is 9.97 Å². The topological polar surface area (TPSA) is 54.5 Å². The Hall–Kier alpha value is -7.96. The Kier molecular flexibility index (Phi) is 8.73. The Morgan fingerprint density at radius 2 is 0.923 bits per heavy atom. The number of benzene rings is 10. The summed E-state index contributed by atoms with van der Waals surface area (Å²) in [4.78, 5) is 17.6. The van der Waals surface area contributed by atoms with Gasteiger partial charge in [-0.15, -0.1) is 11.3 Å². The Morgan fingerprint density at radius 1 is 0.369 bits per heavy atom. The maximum atomic E-state index is 6.48. The van der Waals surface area contributed by atoms with Gasteiger partial charge in [0.25, 0.3) is 0 Å². The molecule has 0 fully saturated rings. The summed E-state index contributed by atoms with van der Waals surface area (Å²) in [6, 6.07) is 73.8. The highest BCUT2D eigenvalue weighted by Gasteiger charge is 2.18. The van der Waals surface area contributed by atoms with Crippen molar-refractivity contribution in [3.05, 3.63) is 212 Å². The van der Waals surface area contributed by atoms with E-state index >= 15 is 0 Å². The summed E-state index contributed by atoms with van der Waals surface area (Å²) in [5.41, 5.74) is 13.4. The lowest BCUT2D eigenvalue weighted by Crippen LogP contribution is -1.97. The van der Waals surface area contributed by atoms with E-state index < -0.39 is 0 Å². The standard InChI is InChI=1S/C59H35ClN4S/c60-59-63-57(40-25-19-36(20-26-40)35-9-2-1-3-10-35)62-58(64-59)41-27-21-38(22-28-41)37-17-23-39(24-18-37)50-32-44-13-6-7-14-46(44)54-49-30-29-45(34-53(49)65-56(50)54)47-15-8-16-48-51-31-42-11-4-5-12-43(42)33-52(51)61-55(47)48/h1-34,61H. The number of aromatic amines is 1. The predicted octanol–water partition coefficient (Wildman–Crippen LogP) is 16.8. The van der Waals surface area contributed by atoms with Crippen LogP contribution in [-0.4, -0.2) is 19.9 Å². The van der Waals surface area contributed by atoms with Gasteiger partial charge < -0.3 is 4.98 Å². The predicted molar refractivity (Wildman–Crippen MR) is 275 cm³/mol. The van der Waals surface area contributed by atoms with E-state index in [2.05, 4.69) is 191 Å². The van der Waals surface area contributed by atoms with Crippen molar-refractivity contribution < 1.29 is 0 Å². The summed E-state index contributed by atoms with van der Waals surface area (Å²) in [6.07, 6.45) is 0. The highest BCUT2D eigenvalue weighted by atomic mass is 35.5. The van der Waals surface area contributed by atoms with E-state index in [0.29, 0.717) is 11.6 Å². The van der Waals surface area contributed by atoms with Crippen molar-refractivity contribution in [1.82, 2.24) is 19.9 Å². The van der Waals surface area contributed by atoms with Crippen molar-refractivity contribution in [1.29, 1.82) is 0 Å². The summed E-state index contributed by atoms with van der Waals surface area (Å²) in [6.45, 7) is 0. The van der Waals surface area contributed by atoms with Gasteiger partial charge in [-0.3, -0.25) is 0 Å². The minimum absolute atomic E-state index is 0.163. The second-order valence-electron chi connectivity index (χ2n) is 16.6. The Labute approximate surface area is 383 Å². The summed E-state index contributed by atoms with van der Waals surface area (Å²) >= 11 is 8.36. The first-order valence-corrected chi connectivity index (χ1v) is 22.9. The molecule has 10 aromatic carbocycles. The molecule has 3 heterocycles. The number of hydrogen-bond donors (Lipinski definition) is 1. The third kappa shape index (κ3) is 6.47. The number of nitrogens with zero attached hydrogens (tertiary/aromatic N) is 3. The van der Waals surface area contributed by atoms with Crippen molar-refractivity contribution in [2.24, 2.45) is 0 Å². The van der Waals surface area contributed by atoms with Crippen LogP contribution in [0.3, 0.4) is 0 Å². The minimum atomic E-state index is 0.163. The van der Waals surface area contributed by atoms with Crippen LogP contribution >= 0.6 is 22.9 Å². The molecule has 0 radical (unpaired) electrons. The number of rotatable bonds is 6. The van der Waals surface area contributed by atoms with Gasteiger partial charge in [-0.05, 0) is 90.8 Å². The van der Waals surface area contributed by atoms with Gasteiger partial charge in [-0.25, -0.2) is 4.98 Å². The Morgan fingerprint density at radius 3 is 1.62 bits per heavy atom. The Balaban J connectivity index is 0.831. The SMILES string of the molecule is Clc1nc(-c2ccc(-c3ccccc3)cc2)nc(-c2ccc(-c3ccc(-c4cc5ccccc5c5c4sc4cc(-c6cccc7c6[nH]c6cc8ccccc8cc67)ccc45)cc3)cc2)n1. The van der Waals surface area contributed by atoms with E-state index in [1.165, 1.54) is 80.3 Å². The summed E-state index contributed by atoms with van der Waals surface area (Å²) in [7, 11) is 0. The van der Waals surface area contributed by atoms with Crippen LogP contribution in [0.2, 0.25) is 5.28 Å². The van der Waals surface area contributed by atoms with Crippen molar-refractivity contribution >= 4 is 86.5 Å². The van der Waals surface area contributed by atoms with Gasteiger partial charge in [-0.1, -0.05) is 182 Å². The monoisotopic (exact) mass is 866 g/mol. The summed E-state index contributed by atoms with van der Waals surface area (Å²) in [5.74, 6) is 1.08. The normalized spacial score (nSPS) is 11.8. The highest BCUT2D eigenvalue weighted by Crippen LogP contribution is 2.46. The smallest absolute Gasteiger partial charge is 0.226 e. The van der Waals surface area contributed by atoms with Crippen LogP contribution in [0.1, 0.15) is 0 Å². The molecule has 0 atom stereocenters. The van der Waals surface area contributed by atoms with E-state index in [9.17, 15) is 0 Å². The van der Waals surface area contributed by atoms with Crippen LogP contribution in [0.15, 0.2) is 206 Å². The molecule has 3 aromatic heterocycles. The molecule has 13 aromatic rings. The molecule has 0 aliphatic rings. The fourth-order valence-corrected chi connectivity index (χ4v) is 11.0. The van der Waals surface area contributed by atoms with Gasteiger partial charge in [0.2, 0.25) is 5.28 Å². The molecule has 0 aliphatic carbocycles. The summed E-state index contributed by atoms with van der Waals surface area (Å²) < 4.78 is 2.57. The second-order valence-corrected chi connectivity index (χ2v) is 18.0. The molecule has 304 valence electrons. The van der Waals surface area contributed by atoms with Gasteiger partial charge in [0.15, 0.2) is 11.6 Å². The average Bonchev–Trinajstić information content (AvgIpc) is 3.94. The van der Waals surface area contributed by atoms with E-state index in [1.807, 2.05) is 41.7 Å². The summed E-state index contributed by atoms with van der Waals surface area (Å²) in [5, 5.41) is 10.3. The van der Waals surface area contributed by atoms with Crippen LogP contribution in [0, 0.1) is 0 Å². The van der Waals surface area contributed by atoms with Crippen LogP contribution in [0.4, 0.5) is 0 Å². The third-order valence-corrected chi connectivity index (χ3v) is 14.2. The second kappa shape index (κ2) is 15.1. The van der Waals surface area contributed by atoms with Crippen LogP contribution < -0.4 is 0 Å². The van der Waals surface area contributed by atoms with Gasteiger partial charge >= 0.3 is 0 Å². The lowest BCUT2D eigenvalue weighted by molar-refractivity contribution is 1.07. The van der Waals surface area contributed by atoms with Crippen molar-refractivity contribution in [2.75, 3.05) is 0 Å². The zero-order valence-corrected chi connectivity index (χ0v) is 36.3. The largest absolute Gasteiger partial charge is 0.354 e.